The van der Waals surface area contributed by atoms with E-state index in [1.807, 2.05) is 26.0 Å². The number of rotatable bonds is 8. The fourth-order valence-electron chi connectivity index (χ4n) is 5.93. The monoisotopic (exact) mass is 620 g/mol. The molecular formula is C35H48N4O6. The molecule has 4 rings (SSSR count). The van der Waals surface area contributed by atoms with Crippen molar-refractivity contribution in [2.24, 2.45) is 5.92 Å². The van der Waals surface area contributed by atoms with Crippen LogP contribution in [0.25, 0.3) is 0 Å². The molecule has 1 aliphatic heterocycles. The van der Waals surface area contributed by atoms with E-state index in [1.54, 1.807) is 31.3 Å². The third-order valence-corrected chi connectivity index (χ3v) is 8.44. The topological polar surface area (TPSA) is 126 Å². The number of amides is 4. The number of nitrogens with zero attached hydrogens (tertiary/aromatic N) is 1. The summed E-state index contributed by atoms with van der Waals surface area (Å²) >= 11 is 0. The zero-order chi connectivity index (χ0) is 32.2. The van der Waals surface area contributed by atoms with Crippen molar-refractivity contribution in [3.63, 3.8) is 0 Å². The Morgan fingerprint density at radius 2 is 1.73 bits per heavy atom. The Labute approximate surface area is 266 Å². The van der Waals surface area contributed by atoms with Crippen LogP contribution in [-0.2, 0) is 14.4 Å². The molecule has 244 valence electrons. The van der Waals surface area contributed by atoms with Crippen LogP contribution in [-0.4, -0.2) is 74.0 Å². The van der Waals surface area contributed by atoms with E-state index in [1.165, 1.54) is 42.6 Å². The first-order chi connectivity index (χ1) is 21.7. The molecule has 2 aliphatic rings. The molecular weight excluding hydrogens is 572 g/mol. The molecule has 10 heteroatoms. The SMILES string of the molecule is CC(C)C[C@H]1NC(=O)CC[C@@H](C(=O)NCCOc2ccc(C3CCCCC3)cc2)NC(=O)c2ccccc2OCCN(C)C1=O. The smallest absolute Gasteiger partial charge is 0.255 e. The maximum Gasteiger partial charge on any atom is 0.255 e. The molecule has 0 radical (unpaired) electrons. The van der Waals surface area contributed by atoms with Gasteiger partial charge in [-0.15, -0.1) is 0 Å². The molecule has 2 aromatic rings. The largest absolute Gasteiger partial charge is 0.492 e. The van der Waals surface area contributed by atoms with E-state index in [2.05, 4.69) is 28.1 Å². The van der Waals surface area contributed by atoms with Crippen LogP contribution in [0.3, 0.4) is 0 Å². The molecule has 10 nitrogen and oxygen atoms in total. The predicted molar refractivity (Wildman–Crippen MR) is 172 cm³/mol. The van der Waals surface area contributed by atoms with Gasteiger partial charge in [0.2, 0.25) is 17.7 Å². The molecule has 4 amide bonds. The molecule has 2 atom stereocenters. The number of hydrogen-bond acceptors (Lipinski definition) is 6. The van der Waals surface area contributed by atoms with Crippen molar-refractivity contribution in [3.05, 3.63) is 59.7 Å². The molecule has 0 saturated heterocycles. The van der Waals surface area contributed by atoms with Crippen LogP contribution in [0.2, 0.25) is 0 Å². The Balaban J connectivity index is 1.39. The third-order valence-electron chi connectivity index (χ3n) is 8.44. The second kappa shape index (κ2) is 16.8. The first kappa shape index (κ1) is 33.8. The Morgan fingerprint density at radius 1 is 1.00 bits per heavy atom. The van der Waals surface area contributed by atoms with E-state index < -0.39 is 23.9 Å². The highest BCUT2D eigenvalue weighted by Gasteiger charge is 2.28. The van der Waals surface area contributed by atoms with Gasteiger partial charge in [-0.3, -0.25) is 19.2 Å². The van der Waals surface area contributed by atoms with E-state index in [9.17, 15) is 19.2 Å². The summed E-state index contributed by atoms with van der Waals surface area (Å²) in [5, 5.41) is 8.47. The van der Waals surface area contributed by atoms with Gasteiger partial charge >= 0.3 is 0 Å². The molecule has 1 aliphatic carbocycles. The summed E-state index contributed by atoms with van der Waals surface area (Å²) in [6.45, 7) is 4.87. The van der Waals surface area contributed by atoms with E-state index in [-0.39, 0.29) is 62.4 Å². The van der Waals surface area contributed by atoms with E-state index >= 15 is 0 Å². The molecule has 1 heterocycles. The Hall–Kier alpha value is -4.08. The van der Waals surface area contributed by atoms with Gasteiger partial charge in [0.25, 0.3) is 5.91 Å². The van der Waals surface area contributed by atoms with Crippen LogP contribution in [0.15, 0.2) is 48.5 Å². The summed E-state index contributed by atoms with van der Waals surface area (Å²) in [5.74, 6) is 0.387. The summed E-state index contributed by atoms with van der Waals surface area (Å²) in [6.07, 6.45) is 6.83. The van der Waals surface area contributed by atoms with Gasteiger partial charge in [-0.05, 0) is 67.3 Å². The van der Waals surface area contributed by atoms with Crippen LogP contribution in [0, 0.1) is 5.92 Å². The second-order valence-corrected chi connectivity index (χ2v) is 12.5. The average Bonchev–Trinajstić information content (AvgIpc) is 3.04. The lowest BCUT2D eigenvalue weighted by Gasteiger charge is -2.26. The zero-order valence-electron chi connectivity index (χ0n) is 26.8. The highest BCUT2D eigenvalue weighted by Crippen LogP contribution is 2.33. The number of carbonyl (C=O) groups excluding carboxylic acids is 4. The maximum atomic E-state index is 13.3. The van der Waals surface area contributed by atoms with Crippen LogP contribution in [0.5, 0.6) is 11.5 Å². The molecule has 0 bridgehead atoms. The minimum atomic E-state index is -0.988. The standard InChI is InChI=1S/C35H48N4O6/c1-24(2)23-30-35(43)39(3)20-22-45-31-12-8-7-11-28(31)33(41)38-29(17-18-32(40)37-30)34(42)36-19-21-44-27-15-13-26(14-16-27)25-9-5-4-6-10-25/h7-8,11-16,24-25,29-30H,4-6,9-10,17-23H2,1-3H3,(H,36,42)(H,37,40)(H,38,41)/t29-,30+/m0/s1. The molecule has 0 spiro atoms. The molecule has 45 heavy (non-hydrogen) atoms. The van der Waals surface area contributed by atoms with Gasteiger partial charge in [0.1, 0.15) is 36.8 Å². The van der Waals surface area contributed by atoms with E-state index in [4.69, 9.17) is 9.47 Å². The zero-order valence-corrected chi connectivity index (χ0v) is 26.8. The molecule has 0 aromatic heterocycles. The average molecular weight is 621 g/mol. The number of likely N-dealkylation sites (N-methyl/N-ethyl adjacent to an activating group) is 1. The lowest BCUT2D eigenvalue weighted by atomic mass is 9.84. The number of ether oxygens (including phenoxy) is 2. The minimum absolute atomic E-state index is 0.0497. The predicted octanol–water partition coefficient (Wildman–Crippen LogP) is 4.19. The fourth-order valence-corrected chi connectivity index (χ4v) is 5.93. The van der Waals surface area contributed by atoms with Crippen LogP contribution >= 0.6 is 0 Å². The van der Waals surface area contributed by atoms with Gasteiger partial charge in [-0.25, -0.2) is 0 Å². The van der Waals surface area contributed by atoms with E-state index in [0.29, 0.717) is 18.1 Å². The maximum absolute atomic E-state index is 13.3. The summed E-state index contributed by atoms with van der Waals surface area (Å²) in [4.78, 5) is 54.3. The Kier molecular flexibility index (Phi) is 12.7. The molecule has 1 fully saturated rings. The van der Waals surface area contributed by atoms with Crippen molar-refractivity contribution in [1.29, 1.82) is 0 Å². The lowest BCUT2D eigenvalue weighted by Crippen LogP contribution is -2.50. The van der Waals surface area contributed by atoms with Gasteiger partial charge < -0.3 is 30.3 Å². The first-order valence-electron chi connectivity index (χ1n) is 16.3. The molecule has 0 unspecified atom stereocenters. The molecule has 3 N–H and O–H groups in total. The minimum Gasteiger partial charge on any atom is -0.492 e. The Bertz CT molecular complexity index is 1290. The van der Waals surface area contributed by atoms with Crippen molar-refractivity contribution in [2.45, 2.75) is 83.2 Å². The van der Waals surface area contributed by atoms with Crippen LogP contribution in [0.1, 0.15) is 87.1 Å². The normalized spacial score (nSPS) is 20.6. The van der Waals surface area contributed by atoms with Crippen LogP contribution in [0.4, 0.5) is 0 Å². The number of para-hydroxylation sites is 1. The fraction of sp³-hybridized carbons (Fsp3) is 0.543. The van der Waals surface area contributed by atoms with Gasteiger partial charge in [-0.2, -0.15) is 0 Å². The molecule has 1 saturated carbocycles. The summed E-state index contributed by atoms with van der Waals surface area (Å²) in [6, 6.07) is 13.3. The van der Waals surface area contributed by atoms with Crippen molar-refractivity contribution in [1.82, 2.24) is 20.9 Å². The summed E-state index contributed by atoms with van der Waals surface area (Å²) in [7, 11) is 1.67. The van der Waals surface area contributed by atoms with Crippen molar-refractivity contribution < 1.29 is 28.7 Å². The van der Waals surface area contributed by atoms with Gasteiger partial charge in [0.15, 0.2) is 0 Å². The van der Waals surface area contributed by atoms with Gasteiger partial charge in [0.05, 0.1) is 18.7 Å². The van der Waals surface area contributed by atoms with Gasteiger partial charge in [-0.1, -0.05) is 57.4 Å². The lowest BCUT2D eigenvalue weighted by molar-refractivity contribution is -0.136. The summed E-state index contributed by atoms with van der Waals surface area (Å²) in [5.41, 5.74) is 1.61. The molecule has 2 aromatic carbocycles. The third kappa shape index (κ3) is 10.2. The first-order valence-corrected chi connectivity index (χ1v) is 16.3. The van der Waals surface area contributed by atoms with Crippen molar-refractivity contribution >= 4 is 23.6 Å². The number of benzene rings is 2. The van der Waals surface area contributed by atoms with Crippen LogP contribution < -0.4 is 25.4 Å². The highest BCUT2D eigenvalue weighted by molar-refractivity contribution is 5.99. The second-order valence-electron chi connectivity index (χ2n) is 12.5. The van der Waals surface area contributed by atoms with Crippen molar-refractivity contribution in [3.8, 4) is 11.5 Å². The van der Waals surface area contributed by atoms with Gasteiger partial charge in [0, 0.05) is 13.5 Å². The highest BCUT2D eigenvalue weighted by atomic mass is 16.5. The number of nitrogens with one attached hydrogen (secondary N) is 3. The van der Waals surface area contributed by atoms with E-state index in [0.717, 1.165) is 5.75 Å². The van der Waals surface area contributed by atoms with Crippen molar-refractivity contribution in [2.75, 3.05) is 33.4 Å². The number of carbonyl (C=O) groups is 4. The quantitative estimate of drug-likeness (QED) is 0.380. The number of fused-ring (bicyclic) bond motifs is 1. The Morgan fingerprint density at radius 3 is 2.47 bits per heavy atom. The summed E-state index contributed by atoms with van der Waals surface area (Å²) < 4.78 is 11.8. The number of hydrogen-bond donors (Lipinski definition) is 3.